The first-order chi connectivity index (χ1) is 7.43. The Labute approximate surface area is 98.9 Å². The van der Waals surface area contributed by atoms with Crippen molar-refractivity contribution in [1.29, 1.82) is 0 Å². The van der Waals surface area contributed by atoms with Crippen LogP contribution in [0.15, 0.2) is 11.1 Å². The van der Waals surface area contributed by atoms with E-state index in [0.717, 1.165) is 36.5 Å². The number of rotatable bonds is 1. The second-order valence-electron chi connectivity index (χ2n) is 6.91. The molecule has 0 aliphatic heterocycles. The minimum atomic E-state index is -0.413. The molecule has 0 aromatic heterocycles. The molecule has 16 heavy (non-hydrogen) atoms. The summed E-state index contributed by atoms with van der Waals surface area (Å²) in [6, 6.07) is 0. The zero-order valence-corrected chi connectivity index (χ0v) is 11.0. The molecule has 0 spiro atoms. The van der Waals surface area contributed by atoms with Crippen molar-refractivity contribution in [1.82, 2.24) is 0 Å². The molecule has 0 bridgehead atoms. The fourth-order valence-corrected chi connectivity index (χ4v) is 4.79. The molecule has 2 fully saturated rings. The number of hydrogen-bond acceptors (Lipinski definition) is 1. The summed E-state index contributed by atoms with van der Waals surface area (Å²) in [6.07, 6.45) is 3.45. The first-order valence-electron chi connectivity index (χ1n) is 6.84. The van der Waals surface area contributed by atoms with Crippen LogP contribution in [0.3, 0.4) is 0 Å². The summed E-state index contributed by atoms with van der Waals surface area (Å²) in [5.74, 6) is 3.86. The van der Waals surface area contributed by atoms with Crippen LogP contribution < -0.4 is 0 Å². The van der Waals surface area contributed by atoms with Gasteiger partial charge in [0.15, 0.2) is 0 Å². The number of allylic oxidation sites excluding steroid dienone is 1. The van der Waals surface area contributed by atoms with Gasteiger partial charge in [-0.25, -0.2) is 0 Å². The van der Waals surface area contributed by atoms with Crippen molar-refractivity contribution in [2.75, 3.05) is 0 Å². The third kappa shape index (κ3) is 1.27. The average molecular weight is 220 g/mol. The highest BCUT2D eigenvalue weighted by Gasteiger charge is 2.63. The molecule has 0 aromatic carbocycles. The predicted octanol–water partition coefficient (Wildman–Crippen LogP) is 3.39. The maximum atomic E-state index is 10.6. The molecule has 0 amide bonds. The first-order valence-corrected chi connectivity index (χ1v) is 6.84. The van der Waals surface area contributed by atoms with Crippen molar-refractivity contribution in [3.63, 3.8) is 0 Å². The molecule has 0 aromatic rings. The lowest BCUT2D eigenvalue weighted by Crippen LogP contribution is -2.33. The Kier molecular flexibility index (Phi) is 2.12. The smallest absolute Gasteiger partial charge is 0.0690 e. The van der Waals surface area contributed by atoms with E-state index >= 15 is 0 Å². The summed E-state index contributed by atoms with van der Waals surface area (Å²) in [4.78, 5) is 0. The van der Waals surface area contributed by atoms with Gasteiger partial charge < -0.3 is 5.11 Å². The van der Waals surface area contributed by atoms with Gasteiger partial charge in [-0.15, -0.1) is 0 Å². The fourth-order valence-electron chi connectivity index (χ4n) is 4.79. The van der Waals surface area contributed by atoms with Crippen LogP contribution in [0.1, 0.15) is 47.0 Å². The molecule has 3 aliphatic rings. The molecule has 5 atom stereocenters. The Morgan fingerprint density at radius 3 is 2.69 bits per heavy atom. The lowest BCUT2D eigenvalue weighted by molar-refractivity contribution is 0.0151. The zero-order chi connectivity index (χ0) is 11.7. The number of hydrogen-bond donors (Lipinski definition) is 1. The fraction of sp³-hybridized carbons (Fsp3) is 0.867. The van der Waals surface area contributed by atoms with E-state index in [1.54, 1.807) is 11.1 Å². The molecule has 1 N–H and O–H groups in total. The lowest BCUT2D eigenvalue weighted by atomic mass is 9.79. The molecular formula is C15H24O. The SMILES string of the molecule is CC1=C2CCC(C)(O)C2C2C(C1)C2C(C)C. The van der Waals surface area contributed by atoms with Crippen LogP contribution in [0.4, 0.5) is 0 Å². The summed E-state index contributed by atoms with van der Waals surface area (Å²) in [7, 11) is 0. The molecule has 5 unspecified atom stereocenters. The lowest BCUT2D eigenvalue weighted by Gasteiger charge is -2.30. The van der Waals surface area contributed by atoms with Gasteiger partial charge in [0.1, 0.15) is 0 Å². The Morgan fingerprint density at radius 1 is 1.38 bits per heavy atom. The van der Waals surface area contributed by atoms with Crippen molar-refractivity contribution in [2.45, 2.75) is 52.6 Å². The second-order valence-corrected chi connectivity index (χ2v) is 6.91. The molecule has 3 aliphatic carbocycles. The third-order valence-electron chi connectivity index (χ3n) is 5.48. The first kappa shape index (κ1) is 10.8. The zero-order valence-electron chi connectivity index (χ0n) is 11.0. The molecule has 1 heteroatoms. The van der Waals surface area contributed by atoms with Crippen molar-refractivity contribution in [3.05, 3.63) is 11.1 Å². The number of fused-ring (bicyclic) bond motifs is 3. The normalized spacial score (nSPS) is 50.6. The molecule has 90 valence electrons. The van der Waals surface area contributed by atoms with Gasteiger partial charge in [-0.3, -0.25) is 0 Å². The summed E-state index contributed by atoms with van der Waals surface area (Å²) in [5, 5.41) is 10.6. The van der Waals surface area contributed by atoms with Crippen LogP contribution in [0.25, 0.3) is 0 Å². The van der Waals surface area contributed by atoms with Crippen LogP contribution >= 0.6 is 0 Å². The van der Waals surface area contributed by atoms with Crippen LogP contribution in [0.5, 0.6) is 0 Å². The van der Waals surface area contributed by atoms with Gasteiger partial charge in [0.2, 0.25) is 0 Å². The molecular weight excluding hydrogens is 196 g/mol. The summed E-state index contributed by atoms with van der Waals surface area (Å²) in [5.41, 5.74) is 2.81. The maximum absolute atomic E-state index is 10.6. The van der Waals surface area contributed by atoms with Gasteiger partial charge >= 0.3 is 0 Å². The minimum absolute atomic E-state index is 0.413. The molecule has 0 radical (unpaired) electrons. The molecule has 2 saturated carbocycles. The van der Waals surface area contributed by atoms with Gasteiger partial charge in [-0.05, 0) is 56.8 Å². The summed E-state index contributed by atoms with van der Waals surface area (Å²) >= 11 is 0. The van der Waals surface area contributed by atoms with E-state index < -0.39 is 5.60 Å². The van der Waals surface area contributed by atoms with Gasteiger partial charge in [0, 0.05) is 5.92 Å². The van der Waals surface area contributed by atoms with Crippen molar-refractivity contribution in [2.24, 2.45) is 29.6 Å². The largest absolute Gasteiger partial charge is 0.390 e. The van der Waals surface area contributed by atoms with Gasteiger partial charge in [0.05, 0.1) is 5.60 Å². The van der Waals surface area contributed by atoms with E-state index in [-0.39, 0.29) is 0 Å². The molecule has 0 heterocycles. The van der Waals surface area contributed by atoms with Crippen LogP contribution in [-0.2, 0) is 0 Å². The number of aliphatic hydroxyl groups is 1. The topological polar surface area (TPSA) is 20.2 Å². The average Bonchev–Trinajstić information content (AvgIpc) is 2.77. The van der Waals surface area contributed by atoms with Crippen LogP contribution in [0, 0.1) is 29.6 Å². The van der Waals surface area contributed by atoms with E-state index in [9.17, 15) is 5.11 Å². The van der Waals surface area contributed by atoms with Crippen molar-refractivity contribution >= 4 is 0 Å². The Bertz CT molecular complexity index is 350. The third-order valence-corrected chi connectivity index (χ3v) is 5.48. The Morgan fingerprint density at radius 2 is 2.06 bits per heavy atom. The molecule has 3 rings (SSSR count). The van der Waals surface area contributed by atoms with Gasteiger partial charge in [-0.1, -0.05) is 25.0 Å². The van der Waals surface area contributed by atoms with E-state index in [1.165, 1.54) is 6.42 Å². The van der Waals surface area contributed by atoms with Gasteiger partial charge in [0.25, 0.3) is 0 Å². The van der Waals surface area contributed by atoms with Crippen LogP contribution in [0.2, 0.25) is 0 Å². The monoisotopic (exact) mass is 220 g/mol. The maximum Gasteiger partial charge on any atom is 0.0690 e. The highest BCUT2D eigenvalue weighted by atomic mass is 16.3. The van der Waals surface area contributed by atoms with Crippen molar-refractivity contribution in [3.8, 4) is 0 Å². The van der Waals surface area contributed by atoms with Crippen LogP contribution in [-0.4, -0.2) is 10.7 Å². The molecule has 1 nitrogen and oxygen atoms in total. The minimum Gasteiger partial charge on any atom is -0.390 e. The highest BCUT2D eigenvalue weighted by Crippen LogP contribution is 2.67. The van der Waals surface area contributed by atoms with Gasteiger partial charge in [-0.2, -0.15) is 0 Å². The Hall–Kier alpha value is -0.300. The summed E-state index contributed by atoms with van der Waals surface area (Å²) < 4.78 is 0. The van der Waals surface area contributed by atoms with Crippen molar-refractivity contribution < 1.29 is 5.11 Å². The van der Waals surface area contributed by atoms with E-state index in [0.29, 0.717) is 5.92 Å². The van der Waals surface area contributed by atoms with E-state index in [2.05, 4.69) is 27.7 Å². The standard InChI is InChI=1S/C15H24O/c1-8(2)12-11-7-9(3)10-5-6-15(4,16)14(10)13(11)12/h8,11-14,16H,5-7H2,1-4H3. The summed E-state index contributed by atoms with van der Waals surface area (Å²) in [6.45, 7) is 9.06. The second kappa shape index (κ2) is 3.13. The quantitative estimate of drug-likeness (QED) is 0.672. The molecule has 0 saturated heterocycles. The predicted molar refractivity (Wildman–Crippen MR) is 66.0 cm³/mol. The highest BCUT2D eigenvalue weighted by molar-refractivity contribution is 5.33. The Balaban J connectivity index is 1.95. The van der Waals surface area contributed by atoms with E-state index in [4.69, 9.17) is 0 Å². The van der Waals surface area contributed by atoms with E-state index in [1.807, 2.05) is 0 Å².